The highest BCUT2D eigenvalue weighted by Crippen LogP contribution is 2.23. The third-order valence-electron chi connectivity index (χ3n) is 2.27. The highest BCUT2D eigenvalue weighted by atomic mass is 79.9. The Bertz CT molecular complexity index is 791. The van der Waals surface area contributed by atoms with Gasteiger partial charge >= 0.3 is 5.97 Å². The Morgan fingerprint density at radius 3 is 2.57 bits per heavy atom. The Balaban J connectivity index is 2.01. The van der Waals surface area contributed by atoms with Crippen molar-refractivity contribution < 1.29 is 27.2 Å². The fourth-order valence-electron chi connectivity index (χ4n) is 1.34. The summed E-state index contributed by atoms with van der Waals surface area (Å²) >= 11 is 4.40. The summed E-state index contributed by atoms with van der Waals surface area (Å²) in [7, 11) is -4.03. The average Bonchev–Trinajstić information content (AvgIpc) is 3.03. The van der Waals surface area contributed by atoms with Gasteiger partial charge in [0.05, 0.1) is 4.88 Å². The van der Waals surface area contributed by atoms with E-state index in [9.17, 15) is 18.0 Å². The van der Waals surface area contributed by atoms with Crippen molar-refractivity contribution in [3.05, 3.63) is 38.7 Å². The fourth-order valence-corrected chi connectivity index (χ4v) is 3.33. The maximum absolute atomic E-state index is 11.8. The Kier molecular flexibility index (Phi) is 4.61. The number of furan rings is 1. The topological polar surface area (TPSA) is 117 Å². The van der Waals surface area contributed by atoms with Crippen LogP contribution in [0.1, 0.15) is 20.2 Å². The summed E-state index contributed by atoms with van der Waals surface area (Å²) in [6, 6.07) is 3.84. The minimum absolute atomic E-state index is 0.350. The molecule has 21 heavy (non-hydrogen) atoms. The van der Waals surface area contributed by atoms with E-state index >= 15 is 0 Å². The molecule has 0 aliphatic heterocycles. The zero-order valence-corrected chi connectivity index (χ0v) is 13.5. The number of hydrogen-bond donors (Lipinski definition) is 1. The average molecular weight is 394 g/mol. The Morgan fingerprint density at radius 2 is 2.05 bits per heavy atom. The molecule has 112 valence electrons. The van der Waals surface area contributed by atoms with Crippen molar-refractivity contribution in [3.8, 4) is 0 Å². The fraction of sp³-hybridized carbons (Fsp3) is 0.0909. The molecule has 0 spiro atoms. The summed E-state index contributed by atoms with van der Waals surface area (Å²) in [5.74, 6) is -1.69. The second kappa shape index (κ2) is 6.10. The highest BCUT2D eigenvalue weighted by molar-refractivity contribution is 9.10. The van der Waals surface area contributed by atoms with Gasteiger partial charge in [0.2, 0.25) is 16.6 Å². The van der Waals surface area contributed by atoms with E-state index in [0.29, 0.717) is 9.35 Å². The molecular formula is C11H8BrNO6S2. The number of carbonyl (C=O) groups excluding carboxylic acids is 2. The van der Waals surface area contributed by atoms with Crippen molar-refractivity contribution in [3.63, 3.8) is 0 Å². The van der Waals surface area contributed by atoms with E-state index in [0.717, 1.165) is 12.1 Å². The van der Waals surface area contributed by atoms with Gasteiger partial charge in [-0.25, -0.2) is 18.4 Å². The van der Waals surface area contributed by atoms with Gasteiger partial charge < -0.3 is 9.15 Å². The van der Waals surface area contributed by atoms with Crippen LogP contribution >= 0.6 is 27.3 Å². The third kappa shape index (κ3) is 3.79. The number of ether oxygens (including phenoxy) is 1. The molecule has 2 aromatic rings. The van der Waals surface area contributed by atoms with Gasteiger partial charge in [-0.05, 0) is 39.5 Å². The Morgan fingerprint density at radius 1 is 1.33 bits per heavy atom. The molecule has 0 amide bonds. The monoisotopic (exact) mass is 393 g/mol. The van der Waals surface area contributed by atoms with Gasteiger partial charge in [-0.1, -0.05) is 0 Å². The molecule has 0 atom stereocenters. The lowest BCUT2D eigenvalue weighted by Crippen LogP contribution is -2.13. The minimum atomic E-state index is -4.03. The number of nitrogens with two attached hydrogens (primary N) is 1. The van der Waals surface area contributed by atoms with Crippen LogP contribution in [-0.2, 0) is 14.8 Å². The molecule has 2 rings (SSSR count). The Labute approximate surface area is 131 Å². The van der Waals surface area contributed by atoms with Crippen molar-refractivity contribution in [1.82, 2.24) is 0 Å². The van der Waals surface area contributed by atoms with Crippen LogP contribution < -0.4 is 5.14 Å². The number of thiophene rings is 1. The van der Waals surface area contributed by atoms with Crippen LogP contribution in [0.25, 0.3) is 0 Å². The van der Waals surface area contributed by atoms with E-state index in [-0.39, 0.29) is 11.5 Å². The summed E-state index contributed by atoms with van der Waals surface area (Å²) in [4.78, 5) is 23.8. The Hall–Kier alpha value is -1.49. The molecule has 0 bridgehead atoms. The molecule has 2 heterocycles. The van der Waals surface area contributed by atoms with Gasteiger partial charge in [-0.3, -0.25) is 4.79 Å². The normalized spacial score (nSPS) is 11.3. The number of hydrogen-bond acceptors (Lipinski definition) is 7. The quantitative estimate of drug-likeness (QED) is 0.611. The number of sulfonamides is 1. The summed E-state index contributed by atoms with van der Waals surface area (Å²) in [5.41, 5.74) is 0. The maximum Gasteiger partial charge on any atom is 0.374 e. The van der Waals surface area contributed by atoms with Crippen molar-refractivity contribution in [1.29, 1.82) is 0 Å². The van der Waals surface area contributed by atoms with Gasteiger partial charge in [0.1, 0.15) is 0 Å². The van der Waals surface area contributed by atoms with Crippen molar-refractivity contribution in [2.45, 2.75) is 5.09 Å². The number of Topliss-reactive ketones (excluding diaryl/α,β-unsaturated/α-hetero) is 1. The van der Waals surface area contributed by atoms with Crippen molar-refractivity contribution >= 4 is 49.0 Å². The summed E-state index contributed by atoms with van der Waals surface area (Å²) in [5, 5.41) is 6.00. The van der Waals surface area contributed by atoms with Gasteiger partial charge in [0.25, 0.3) is 10.0 Å². The lowest BCUT2D eigenvalue weighted by Gasteiger charge is -2.01. The van der Waals surface area contributed by atoms with Crippen LogP contribution in [0.4, 0.5) is 0 Å². The van der Waals surface area contributed by atoms with Gasteiger partial charge in [-0.2, -0.15) is 0 Å². The molecule has 0 fully saturated rings. The first kappa shape index (κ1) is 15.9. The third-order valence-corrected chi connectivity index (χ3v) is 4.93. The molecule has 0 aliphatic rings. The largest absolute Gasteiger partial charge is 0.451 e. The molecule has 0 radical (unpaired) electrons. The number of ketones is 1. The summed E-state index contributed by atoms with van der Waals surface area (Å²) < 4.78 is 32.1. The number of rotatable bonds is 5. The van der Waals surface area contributed by atoms with Gasteiger partial charge in [-0.15, -0.1) is 11.3 Å². The number of carbonyl (C=O) groups is 2. The van der Waals surface area contributed by atoms with Crippen LogP contribution in [0.5, 0.6) is 0 Å². The zero-order chi connectivity index (χ0) is 15.6. The maximum atomic E-state index is 11.8. The second-order valence-corrected chi connectivity index (χ2v) is 7.02. The second-order valence-electron chi connectivity index (χ2n) is 3.76. The molecule has 2 N–H and O–H groups in total. The minimum Gasteiger partial charge on any atom is -0.451 e. The molecule has 2 aromatic heterocycles. The van der Waals surface area contributed by atoms with Gasteiger partial charge in [0, 0.05) is 4.47 Å². The van der Waals surface area contributed by atoms with E-state index in [1.165, 1.54) is 11.3 Å². The lowest BCUT2D eigenvalue weighted by molar-refractivity contribution is 0.0439. The van der Waals surface area contributed by atoms with E-state index < -0.39 is 27.7 Å². The van der Waals surface area contributed by atoms with Crippen molar-refractivity contribution in [2.75, 3.05) is 6.61 Å². The first-order valence-corrected chi connectivity index (χ1v) is 8.57. The highest BCUT2D eigenvalue weighted by Gasteiger charge is 2.20. The molecule has 7 nitrogen and oxygen atoms in total. The SMILES string of the molecule is NS(=O)(=O)c1ccc(C(=O)OCC(=O)c2sccc2Br)o1. The van der Waals surface area contributed by atoms with E-state index in [2.05, 4.69) is 15.9 Å². The molecule has 0 saturated heterocycles. The van der Waals surface area contributed by atoms with Crippen LogP contribution in [0.15, 0.2) is 37.6 Å². The van der Waals surface area contributed by atoms with E-state index in [4.69, 9.17) is 14.3 Å². The molecule has 0 aromatic carbocycles. The lowest BCUT2D eigenvalue weighted by atomic mass is 10.3. The summed E-state index contributed by atoms with van der Waals surface area (Å²) in [6.45, 7) is -0.483. The molecule has 0 unspecified atom stereocenters. The molecular weight excluding hydrogens is 386 g/mol. The smallest absolute Gasteiger partial charge is 0.374 e. The van der Waals surface area contributed by atoms with Crippen LogP contribution in [0, 0.1) is 0 Å². The first-order valence-electron chi connectivity index (χ1n) is 5.35. The zero-order valence-electron chi connectivity index (χ0n) is 10.2. The molecule has 10 heteroatoms. The van der Waals surface area contributed by atoms with Crippen molar-refractivity contribution in [2.24, 2.45) is 5.14 Å². The number of halogens is 1. The predicted octanol–water partition coefficient (Wildman–Crippen LogP) is 1.79. The van der Waals surface area contributed by atoms with Gasteiger partial charge in [0.15, 0.2) is 6.61 Å². The first-order chi connectivity index (χ1) is 9.79. The van der Waals surface area contributed by atoms with Crippen LogP contribution in [0.3, 0.4) is 0 Å². The number of esters is 1. The summed E-state index contributed by atoms with van der Waals surface area (Å²) in [6.07, 6.45) is 0. The molecule has 0 saturated carbocycles. The van der Waals surface area contributed by atoms with Crippen LogP contribution in [-0.4, -0.2) is 26.8 Å². The number of primary sulfonamides is 1. The van der Waals surface area contributed by atoms with E-state index in [1.54, 1.807) is 11.4 Å². The molecule has 0 aliphatic carbocycles. The standard InChI is InChI=1S/C11H8BrNO6S2/c12-6-3-4-20-10(6)7(14)5-18-11(15)8-1-2-9(19-8)21(13,16)17/h1-4H,5H2,(H2,13,16,17). The van der Waals surface area contributed by atoms with Crippen LogP contribution in [0.2, 0.25) is 0 Å². The predicted molar refractivity (Wildman–Crippen MR) is 76.7 cm³/mol. The van der Waals surface area contributed by atoms with E-state index in [1.807, 2.05) is 0 Å².